The van der Waals surface area contributed by atoms with Crippen molar-refractivity contribution in [2.45, 2.75) is 13.8 Å². The van der Waals surface area contributed by atoms with E-state index in [1.54, 1.807) is 12.1 Å². The van der Waals surface area contributed by atoms with E-state index in [9.17, 15) is 4.79 Å². The lowest BCUT2D eigenvalue weighted by Crippen LogP contribution is -2.03. The summed E-state index contributed by atoms with van der Waals surface area (Å²) in [6, 6.07) is 5.18. The van der Waals surface area contributed by atoms with E-state index in [4.69, 9.17) is 5.73 Å². The summed E-state index contributed by atoms with van der Waals surface area (Å²) in [4.78, 5) is 11.2. The Morgan fingerprint density at radius 1 is 1.47 bits per heavy atom. The number of esters is 1. The molecule has 1 aromatic carbocycles. The summed E-state index contributed by atoms with van der Waals surface area (Å²) in [5.74, 6) is -0.369. The Bertz CT molecular complexity index is 408. The van der Waals surface area contributed by atoms with Crippen LogP contribution in [0.25, 0.3) is 5.57 Å². The van der Waals surface area contributed by atoms with Crippen LogP contribution in [0.2, 0.25) is 0 Å². The molecule has 1 aromatic rings. The second kappa shape index (κ2) is 4.64. The Balaban J connectivity index is 3.14. The SMILES string of the molecule is C/C=C(/C)c1ccc(C(=O)OC)cc1N. The van der Waals surface area contributed by atoms with E-state index < -0.39 is 0 Å². The second-order valence-electron chi connectivity index (χ2n) is 3.27. The van der Waals surface area contributed by atoms with Crippen LogP contribution in [0.1, 0.15) is 29.8 Å². The van der Waals surface area contributed by atoms with Gasteiger partial charge < -0.3 is 10.5 Å². The van der Waals surface area contributed by atoms with Crippen LogP contribution in [0.15, 0.2) is 24.3 Å². The third kappa shape index (κ3) is 2.37. The Morgan fingerprint density at radius 2 is 2.13 bits per heavy atom. The van der Waals surface area contributed by atoms with Crippen LogP contribution in [-0.4, -0.2) is 13.1 Å². The number of nitrogens with two attached hydrogens (primary N) is 1. The van der Waals surface area contributed by atoms with Crippen LogP contribution in [0.5, 0.6) is 0 Å². The molecule has 0 amide bonds. The van der Waals surface area contributed by atoms with Crippen molar-refractivity contribution >= 4 is 17.2 Å². The molecule has 0 heterocycles. The Morgan fingerprint density at radius 3 is 2.60 bits per heavy atom. The first-order chi connectivity index (χ1) is 7.10. The molecule has 0 unspecified atom stereocenters. The van der Waals surface area contributed by atoms with Gasteiger partial charge in [0.1, 0.15) is 0 Å². The minimum Gasteiger partial charge on any atom is -0.465 e. The highest BCUT2D eigenvalue weighted by atomic mass is 16.5. The molecule has 0 aliphatic carbocycles. The zero-order chi connectivity index (χ0) is 11.4. The lowest BCUT2D eigenvalue weighted by Gasteiger charge is -2.07. The standard InChI is InChI=1S/C12H15NO2/c1-4-8(2)10-6-5-9(7-11(10)13)12(14)15-3/h4-7H,13H2,1-3H3/b8-4-. The van der Waals surface area contributed by atoms with Crippen LogP contribution in [0, 0.1) is 0 Å². The van der Waals surface area contributed by atoms with Crippen LogP contribution in [0.3, 0.4) is 0 Å². The number of anilines is 1. The number of carbonyl (C=O) groups is 1. The highest BCUT2D eigenvalue weighted by molar-refractivity contribution is 5.91. The molecule has 0 aromatic heterocycles. The Hall–Kier alpha value is -1.77. The van der Waals surface area contributed by atoms with Crippen molar-refractivity contribution in [2.75, 3.05) is 12.8 Å². The summed E-state index contributed by atoms with van der Waals surface area (Å²) in [6.45, 7) is 3.92. The van der Waals surface area contributed by atoms with Crippen molar-refractivity contribution in [3.63, 3.8) is 0 Å². The lowest BCUT2D eigenvalue weighted by atomic mass is 10.0. The maximum Gasteiger partial charge on any atom is 0.337 e. The highest BCUT2D eigenvalue weighted by Crippen LogP contribution is 2.22. The van der Waals surface area contributed by atoms with E-state index in [2.05, 4.69) is 4.74 Å². The van der Waals surface area contributed by atoms with Gasteiger partial charge >= 0.3 is 5.97 Å². The molecule has 0 spiro atoms. The van der Waals surface area contributed by atoms with Gasteiger partial charge in [-0.05, 0) is 31.6 Å². The Labute approximate surface area is 89.5 Å². The molecule has 2 N–H and O–H groups in total. The molecule has 0 aliphatic heterocycles. The van der Waals surface area contributed by atoms with E-state index in [0.29, 0.717) is 11.3 Å². The van der Waals surface area contributed by atoms with E-state index in [0.717, 1.165) is 11.1 Å². The molecule has 0 saturated carbocycles. The van der Waals surface area contributed by atoms with Crippen molar-refractivity contribution in [3.8, 4) is 0 Å². The summed E-state index contributed by atoms with van der Waals surface area (Å²) in [6.07, 6.45) is 1.98. The van der Waals surface area contributed by atoms with E-state index >= 15 is 0 Å². The van der Waals surface area contributed by atoms with Gasteiger partial charge in [0.2, 0.25) is 0 Å². The first-order valence-electron chi connectivity index (χ1n) is 4.71. The van der Waals surface area contributed by atoms with Gasteiger partial charge in [-0.1, -0.05) is 12.1 Å². The van der Waals surface area contributed by atoms with Gasteiger partial charge in [-0.25, -0.2) is 4.79 Å². The normalized spacial score (nSPS) is 11.3. The van der Waals surface area contributed by atoms with E-state index in [1.165, 1.54) is 7.11 Å². The molecule has 3 heteroatoms. The first-order valence-corrected chi connectivity index (χ1v) is 4.71. The third-order valence-electron chi connectivity index (χ3n) is 2.33. The maximum atomic E-state index is 11.2. The van der Waals surface area contributed by atoms with Gasteiger partial charge in [0.25, 0.3) is 0 Å². The molecule has 0 radical (unpaired) electrons. The summed E-state index contributed by atoms with van der Waals surface area (Å²) < 4.78 is 4.61. The van der Waals surface area contributed by atoms with Gasteiger partial charge in [0.05, 0.1) is 12.7 Å². The van der Waals surface area contributed by atoms with Crippen molar-refractivity contribution in [1.82, 2.24) is 0 Å². The Kier molecular flexibility index (Phi) is 3.50. The smallest absolute Gasteiger partial charge is 0.337 e. The monoisotopic (exact) mass is 205 g/mol. The molecule has 0 bridgehead atoms. The molecule has 0 saturated heterocycles. The zero-order valence-corrected chi connectivity index (χ0v) is 9.20. The number of ether oxygens (including phenoxy) is 1. The topological polar surface area (TPSA) is 52.3 Å². The second-order valence-corrected chi connectivity index (χ2v) is 3.27. The van der Waals surface area contributed by atoms with Crippen LogP contribution in [-0.2, 0) is 4.74 Å². The van der Waals surface area contributed by atoms with Gasteiger partial charge in [-0.15, -0.1) is 0 Å². The minimum absolute atomic E-state index is 0.369. The lowest BCUT2D eigenvalue weighted by molar-refractivity contribution is 0.0601. The fraction of sp³-hybridized carbons (Fsp3) is 0.250. The molecule has 80 valence electrons. The van der Waals surface area contributed by atoms with Crippen LogP contribution in [0.4, 0.5) is 5.69 Å². The van der Waals surface area contributed by atoms with Crippen LogP contribution < -0.4 is 5.73 Å². The molecule has 1 rings (SSSR count). The number of hydrogen-bond acceptors (Lipinski definition) is 3. The zero-order valence-electron chi connectivity index (χ0n) is 9.20. The van der Waals surface area contributed by atoms with Crippen molar-refractivity contribution in [3.05, 3.63) is 35.4 Å². The molecule has 0 fully saturated rings. The molecule has 0 atom stereocenters. The number of allylic oxidation sites excluding steroid dienone is 2. The predicted octanol–water partition coefficient (Wildman–Crippen LogP) is 2.48. The first kappa shape index (κ1) is 11.3. The van der Waals surface area contributed by atoms with Gasteiger partial charge in [0.15, 0.2) is 0 Å². The average molecular weight is 205 g/mol. The van der Waals surface area contributed by atoms with Crippen molar-refractivity contribution in [1.29, 1.82) is 0 Å². The van der Waals surface area contributed by atoms with E-state index in [1.807, 2.05) is 26.0 Å². The van der Waals surface area contributed by atoms with Gasteiger partial charge in [-0.3, -0.25) is 0 Å². The fourth-order valence-corrected chi connectivity index (χ4v) is 1.32. The number of carbonyl (C=O) groups excluding carboxylic acids is 1. The number of methoxy groups -OCH3 is 1. The van der Waals surface area contributed by atoms with Crippen molar-refractivity contribution in [2.24, 2.45) is 0 Å². The highest BCUT2D eigenvalue weighted by Gasteiger charge is 2.08. The number of benzene rings is 1. The van der Waals surface area contributed by atoms with Crippen LogP contribution >= 0.6 is 0 Å². The van der Waals surface area contributed by atoms with E-state index in [-0.39, 0.29) is 5.97 Å². The van der Waals surface area contributed by atoms with Crippen molar-refractivity contribution < 1.29 is 9.53 Å². The van der Waals surface area contributed by atoms with Gasteiger partial charge in [0, 0.05) is 11.3 Å². The summed E-state index contributed by atoms with van der Waals surface area (Å²) in [7, 11) is 1.35. The predicted molar refractivity (Wildman–Crippen MR) is 61.5 cm³/mol. The molecule has 3 nitrogen and oxygen atoms in total. The number of nitrogen functional groups attached to an aromatic ring is 1. The minimum atomic E-state index is -0.369. The number of rotatable bonds is 2. The molecular weight excluding hydrogens is 190 g/mol. The summed E-state index contributed by atoms with van der Waals surface area (Å²) in [5, 5.41) is 0. The quantitative estimate of drug-likeness (QED) is 0.596. The number of hydrogen-bond donors (Lipinski definition) is 1. The maximum absolute atomic E-state index is 11.2. The summed E-state index contributed by atoms with van der Waals surface area (Å²) >= 11 is 0. The van der Waals surface area contributed by atoms with Gasteiger partial charge in [-0.2, -0.15) is 0 Å². The summed E-state index contributed by atoms with van der Waals surface area (Å²) in [5.41, 5.74) is 8.94. The third-order valence-corrected chi connectivity index (χ3v) is 2.33. The molecular formula is C12H15NO2. The largest absolute Gasteiger partial charge is 0.465 e. The molecule has 15 heavy (non-hydrogen) atoms. The fourth-order valence-electron chi connectivity index (χ4n) is 1.32. The average Bonchev–Trinajstić information content (AvgIpc) is 2.26. The molecule has 0 aliphatic rings.